The summed E-state index contributed by atoms with van der Waals surface area (Å²) in [6, 6.07) is 4.09. The monoisotopic (exact) mass is 294 g/mol. The number of unbranched alkanes of at least 4 members (excludes halogenated alkanes) is 5. The van der Waals surface area contributed by atoms with E-state index in [0.717, 1.165) is 19.4 Å². The van der Waals surface area contributed by atoms with Crippen LogP contribution in [-0.2, 0) is 0 Å². The second-order valence-corrected chi connectivity index (χ2v) is 4.99. The molecule has 1 aromatic rings. The molecule has 2 N–H and O–H groups in total. The highest BCUT2D eigenvalue weighted by Gasteiger charge is 2.19. The van der Waals surface area contributed by atoms with Crippen molar-refractivity contribution in [2.75, 3.05) is 11.9 Å². The molecule has 1 aromatic carbocycles. The molecule has 21 heavy (non-hydrogen) atoms. The topological polar surface area (TPSA) is 92.5 Å². The van der Waals surface area contributed by atoms with Gasteiger partial charge in [0.15, 0.2) is 0 Å². The van der Waals surface area contributed by atoms with Crippen LogP contribution in [0.1, 0.15) is 55.8 Å². The Balaban J connectivity index is 2.47. The Labute approximate surface area is 124 Å². The van der Waals surface area contributed by atoms with Crippen molar-refractivity contribution in [3.63, 3.8) is 0 Å². The van der Waals surface area contributed by atoms with Gasteiger partial charge in [-0.25, -0.2) is 4.79 Å². The number of nitro groups is 1. The number of nitrogens with zero attached hydrogens (tertiary/aromatic N) is 1. The van der Waals surface area contributed by atoms with Crippen LogP contribution in [0.4, 0.5) is 11.4 Å². The summed E-state index contributed by atoms with van der Waals surface area (Å²) in [5.41, 5.74) is -0.0629. The molecule has 0 radical (unpaired) electrons. The molecule has 0 aliphatic carbocycles. The summed E-state index contributed by atoms with van der Waals surface area (Å²) in [6.07, 6.45) is 7.07. The number of hydrogen-bond donors (Lipinski definition) is 2. The highest BCUT2D eigenvalue weighted by Crippen LogP contribution is 2.22. The molecule has 0 amide bonds. The van der Waals surface area contributed by atoms with Gasteiger partial charge in [0.05, 0.1) is 4.92 Å². The van der Waals surface area contributed by atoms with Crippen LogP contribution >= 0.6 is 0 Å². The minimum absolute atomic E-state index is 0.284. The third-order valence-corrected chi connectivity index (χ3v) is 3.28. The zero-order valence-corrected chi connectivity index (χ0v) is 12.3. The van der Waals surface area contributed by atoms with Gasteiger partial charge in [0.25, 0.3) is 5.69 Å². The number of aromatic carboxylic acids is 1. The molecule has 0 saturated heterocycles. The number of anilines is 1. The Bertz CT molecular complexity index is 489. The third kappa shape index (κ3) is 5.81. The van der Waals surface area contributed by atoms with Crippen LogP contribution in [0, 0.1) is 10.1 Å². The summed E-state index contributed by atoms with van der Waals surface area (Å²) in [5.74, 6) is -1.29. The van der Waals surface area contributed by atoms with Crippen molar-refractivity contribution in [3.05, 3.63) is 33.9 Å². The van der Waals surface area contributed by atoms with Crippen molar-refractivity contribution in [1.82, 2.24) is 0 Å². The molecule has 0 spiro atoms. The van der Waals surface area contributed by atoms with E-state index >= 15 is 0 Å². The van der Waals surface area contributed by atoms with Gasteiger partial charge in [-0.05, 0) is 18.6 Å². The lowest BCUT2D eigenvalue weighted by molar-refractivity contribution is -0.385. The maximum absolute atomic E-state index is 11.0. The fourth-order valence-electron chi connectivity index (χ4n) is 2.11. The number of nitrogens with one attached hydrogen (secondary N) is 1. The van der Waals surface area contributed by atoms with Crippen molar-refractivity contribution < 1.29 is 14.8 Å². The smallest absolute Gasteiger partial charge is 0.342 e. The molecular formula is C15H22N2O4. The van der Waals surface area contributed by atoms with E-state index in [2.05, 4.69) is 12.2 Å². The van der Waals surface area contributed by atoms with E-state index in [1.165, 1.54) is 37.8 Å². The number of nitro benzene ring substituents is 1. The van der Waals surface area contributed by atoms with Crippen LogP contribution in [0.3, 0.4) is 0 Å². The number of rotatable bonds is 10. The highest BCUT2D eigenvalue weighted by molar-refractivity contribution is 5.93. The van der Waals surface area contributed by atoms with Crippen molar-refractivity contribution >= 4 is 17.3 Å². The lowest BCUT2D eigenvalue weighted by Gasteiger charge is -2.07. The quantitative estimate of drug-likeness (QED) is 0.385. The van der Waals surface area contributed by atoms with Crippen molar-refractivity contribution in [3.8, 4) is 0 Å². The summed E-state index contributed by atoms with van der Waals surface area (Å²) >= 11 is 0. The van der Waals surface area contributed by atoms with Crippen LogP contribution in [0.15, 0.2) is 18.2 Å². The summed E-state index contributed by atoms with van der Waals surface area (Å²) in [4.78, 5) is 21.1. The van der Waals surface area contributed by atoms with Gasteiger partial charge in [-0.15, -0.1) is 0 Å². The average Bonchev–Trinajstić information content (AvgIpc) is 2.46. The van der Waals surface area contributed by atoms with E-state index in [-0.39, 0.29) is 11.3 Å². The van der Waals surface area contributed by atoms with Gasteiger partial charge in [-0.2, -0.15) is 0 Å². The lowest BCUT2D eigenvalue weighted by Crippen LogP contribution is -2.06. The number of carboxylic acids is 1. The number of carbonyl (C=O) groups is 1. The summed E-state index contributed by atoms with van der Waals surface area (Å²) in [7, 11) is 0. The molecule has 0 unspecified atom stereocenters. The third-order valence-electron chi connectivity index (χ3n) is 3.28. The Morgan fingerprint density at radius 1 is 1.24 bits per heavy atom. The Morgan fingerprint density at radius 3 is 2.52 bits per heavy atom. The first kappa shape index (κ1) is 16.9. The Hall–Kier alpha value is -2.11. The Kier molecular flexibility index (Phi) is 7.21. The second-order valence-electron chi connectivity index (χ2n) is 4.99. The van der Waals surface area contributed by atoms with E-state index in [4.69, 9.17) is 5.11 Å². The fourth-order valence-corrected chi connectivity index (χ4v) is 2.11. The van der Waals surface area contributed by atoms with E-state index in [1.54, 1.807) is 6.07 Å². The standard InChI is InChI=1S/C15H22N2O4/c1-2-3-4-5-6-7-10-16-12-8-9-14(17(20)21)13(11-12)15(18)19/h8-9,11,16H,2-7,10H2,1H3,(H,18,19). The number of carboxylic acid groups (broad SMARTS) is 1. The summed E-state index contributed by atoms with van der Waals surface area (Å²) in [5, 5.41) is 22.9. The Morgan fingerprint density at radius 2 is 1.90 bits per heavy atom. The average molecular weight is 294 g/mol. The molecule has 6 nitrogen and oxygen atoms in total. The van der Waals surface area contributed by atoms with Gasteiger partial charge in [0.1, 0.15) is 5.56 Å². The second kappa shape index (κ2) is 8.94. The molecule has 0 aliphatic heterocycles. The molecule has 0 fully saturated rings. The zero-order chi connectivity index (χ0) is 15.7. The van der Waals surface area contributed by atoms with Crippen molar-refractivity contribution in [2.24, 2.45) is 0 Å². The highest BCUT2D eigenvalue weighted by atomic mass is 16.6. The van der Waals surface area contributed by atoms with Gasteiger partial charge < -0.3 is 10.4 Å². The number of benzene rings is 1. The number of hydrogen-bond acceptors (Lipinski definition) is 4. The molecule has 0 saturated carbocycles. The van der Waals surface area contributed by atoms with Gasteiger partial charge in [0, 0.05) is 18.3 Å². The van der Waals surface area contributed by atoms with Gasteiger partial charge in [0.2, 0.25) is 0 Å². The molecule has 6 heteroatoms. The lowest BCUT2D eigenvalue weighted by atomic mass is 10.1. The first-order valence-electron chi connectivity index (χ1n) is 7.32. The summed E-state index contributed by atoms with van der Waals surface area (Å²) in [6.45, 7) is 2.92. The first-order valence-corrected chi connectivity index (χ1v) is 7.32. The van der Waals surface area contributed by atoms with Gasteiger partial charge in [-0.3, -0.25) is 10.1 Å². The van der Waals surface area contributed by atoms with E-state index in [1.807, 2.05) is 0 Å². The normalized spacial score (nSPS) is 10.3. The van der Waals surface area contributed by atoms with Crippen LogP contribution < -0.4 is 5.32 Å². The zero-order valence-electron chi connectivity index (χ0n) is 12.3. The maximum atomic E-state index is 11.0. The predicted molar refractivity (Wildman–Crippen MR) is 81.9 cm³/mol. The summed E-state index contributed by atoms with van der Waals surface area (Å²) < 4.78 is 0. The molecule has 0 aliphatic rings. The molecule has 0 aromatic heterocycles. The fraction of sp³-hybridized carbons (Fsp3) is 0.533. The predicted octanol–water partition coefficient (Wildman–Crippen LogP) is 4.07. The largest absolute Gasteiger partial charge is 0.477 e. The molecule has 0 bridgehead atoms. The van der Waals surface area contributed by atoms with Gasteiger partial charge in [-0.1, -0.05) is 39.0 Å². The molecule has 116 valence electrons. The first-order chi connectivity index (χ1) is 10.1. The molecule has 1 rings (SSSR count). The minimum Gasteiger partial charge on any atom is -0.477 e. The minimum atomic E-state index is -1.29. The van der Waals surface area contributed by atoms with Crippen LogP contribution in [-0.4, -0.2) is 22.5 Å². The van der Waals surface area contributed by atoms with E-state index in [0.29, 0.717) is 5.69 Å². The van der Waals surface area contributed by atoms with Crippen molar-refractivity contribution in [2.45, 2.75) is 45.4 Å². The van der Waals surface area contributed by atoms with Crippen LogP contribution in [0.25, 0.3) is 0 Å². The van der Waals surface area contributed by atoms with Crippen molar-refractivity contribution in [1.29, 1.82) is 0 Å². The maximum Gasteiger partial charge on any atom is 0.342 e. The van der Waals surface area contributed by atoms with Crippen LogP contribution in [0.2, 0.25) is 0 Å². The molecule has 0 heterocycles. The van der Waals surface area contributed by atoms with E-state index < -0.39 is 10.9 Å². The molecular weight excluding hydrogens is 272 g/mol. The van der Waals surface area contributed by atoms with Gasteiger partial charge >= 0.3 is 5.97 Å². The van der Waals surface area contributed by atoms with E-state index in [9.17, 15) is 14.9 Å². The van der Waals surface area contributed by atoms with Crippen LogP contribution in [0.5, 0.6) is 0 Å². The molecule has 0 atom stereocenters. The SMILES string of the molecule is CCCCCCCCNc1ccc([N+](=O)[O-])c(C(=O)O)c1.